The Bertz CT molecular complexity index is 1650. The monoisotopic (exact) mass is 482 g/mol. The molecule has 5 aromatic carbocycles. The molecule has 1 aliphatic heterocycles. The summed E-state index contributed by atoms with van der Waals surface area (Å²) < 4.78 is 12.6. The van der Waals surface area contributed by atoms with E-state index in [1.54, 1.807) is 0 Å². The van der Waals surface area contributed by atoms with Gasteiger partial charge in [-0.2, -0.15) is 0 Å². The molecule has 0 N–H and O–H groups in total. The molecule has 2 nitrogen and oxygen atoms in total. The summed E-state index contributed by atoms with van der Waals surface area (Å²) >= 11 is 0. The number of fused-ring (bicyclic) bond motifs is 3. The molecule has 182 valence electrons. The smallest absolute Gasteiger partial charge is 0.185 e. The van der Waals surface area contributed by atoms with Crippen LogP contribution in [-0.4, -0.2) is 11.2 Å². The number of benzene rings is 5. The normalized spacial score (nSPS) is 17.3. The topological polar surface area (TPSA) is 18.5 Å². The molecule has 0 amide bonds. The average molecular weight is 483 g/mol. The lowest BCUT2D eigenvalue weighted by molar-refractivity contribution is -0.0895. The van der Waals surface area contributed by atoms with Crippen LogP contribution in [0, 0.1) is 0 Å². The molecule has 0 saturated carbocycles. The van der Waals surface area contributed by atoms with Gasteiger partial charge in [-0.1, -0.05) is 91.0 Å². The molecule has 5 aromatic rings. The predicted octanol–water partition coefficient (Wildman–Crippen LogP) is 9.42. The molecule has 0 spiro atoms. The van der Waals surface area contributed by atoms with Gasteiger partial charge < -0.3 is 9.47 Å². The fraction of sp³-hybridized carbons (Fsp3) is 0.200. The van der Waals surface area contributed by atoms with Crippen molar-refractivity contribution in [3.05, 3.63) is 109 Å². The lowest BCUT2D eigenvalue weighted by atomic mass is 9.90. The number of ether oxygens (including phenoxy) is 2. The van der Waals surface area contributed by atoms with E-state index in [-0.39, 0.29) is 17.5 Å². The summed E-state index contributed by atoms with van der Waals surface area (Å²) in [6, 6.07) is 37.4. The first kappa shape index (κ1) is 22.5. The van der Waals surface area contributed by atoms with Crippen LogP contribution in [0.2, 0.25) is 0 Å². The lowest BCUT2D eigenvalue weighted by Gasteiger charge is -2.30. The second kappa shape index (κ2) is 7.89. The molecule has 0 radical (unpaired) electrons. The van der Waals surface area contributed by atoms with Crippen molar-refractivity contribution in [1.29, 1.82) is 0 Å². The van der Waals surface area contributed by atoms with E-state index in [9.17, 15) is 0 Å². The van der Waals surface area contributed by atoms with Gasteiger partial charge in [-0.15, -0.1) is 0 Å². The maximum Gasteiger partial charge on any atom is 0.185 e. The Morgan fingerprint density at radius 2 is 1.03 bits per heavy atom. The van der Waals surface area contributed by atoms with Crippen molar-refractivity contribution in [1.82, 2.24) is 0 Å². The maximum absolute atomic E-state index is 6.31. The largest absolute Gasteiger partial charge is 0.339 e. The summed E-state index contributed by atoms with van der Waals surface area (Å²) in [7, 11) is 0. The van der Waals surface area contributed by atoms with E-state index in [1.807, 2.05) is 0 Å². The number of rotatable bonds is 3. The van der Waals surface area contributed by atoms with E-state index >= 15 is 0 Å². The van der Waals surface area contributed by atoms with Gasteiger partial charge in [0.15, 0.2) is 6.29 Å². The number of hydrogen-bond acceptors (Lipinski definition) is 2. The molecular formula is C35H30O2. The molecule has 1 aliphatic carbocycles. The van der Waals surface area contributed by atoms with Crippen molar-refractivity contribution < 1.29 is 9.47 Å². The first-order valence-corrected chi connectivity index (χ1v) is 13.0. The van der Waals surface area contributed by atoms with E-state index in [4.69, 9.17) is 9.47 Å². The minimum absolute atomic E-state index is 0.358. The molecule has 7 rings (SSSR count). The van der Waals surface area contributed by atoms with Gasteiger partial charge in [-0.05, 0) is 95.1 Å². The molecule has 1 fully saturated rings. The van der Waals surface area contributed by atoms with Gasteiger partial charge in [0, 0.05) is 5.56 Å². The van der Waals surface area contributed by atoms with Crippen molar-refractivity contribution in [2.75, 3.05) is 0 Å². The van der Waals surface area contributed by atoms with Gasteiger partial charge in [0.1, 0.15) is 0 Å². The van der Waals surface area contributed by atoms with Crippen molar-refractivity contribution in [2.45, 2.75) is 45.2 Å². The summed E-state index contributed by atoms with van der Waals surface area (Å²) in [5, 5.41) is 2.66. The minimum Gasteiger partial charge on any atom is -0.339 e. The Balaban J connectivity index is 1.30. The molecule has 37 heavy (non-hydrogen) atoms. The summed E-state index contributed by atoms with van der Waals surface area (Å²) in [6.45, 7) is 8.38. The zero-order valence-electron chi connectivity index (χ0n) is 21.7. The molecule has 0 atom stereocenters. The Labute approximate surface area is 218 Å². The third-order valence-corrected chi connectivity index (χ3v) is 8.47. The minimum atomic E-state index is -0.369. The van der Waals surface area contributed by atoms with Crippen LogP contribution in [0.1, 0.15) is 39.5 Å². The fourth-order valence-corrected chi connectivity index (χ4v) is 5.77. The first-order chi connectivity index (χ1) is 17.8. The fourth-order valence-electron chi connectivity index (χ4n) is 5.77. The quantitative estimate of drug-likeness (QED) is 0.250. The Kier molecular flexibility index (Phi) is 4.79. The third-order valence-electron chi connectivity index (χ3n) is 8.47. The molecule has 2 aliphatic rings. The van der Waals surface area contributed by atoms with Crippen LogP contribution < -0.4 is 0 Å². The third kappa shape index (κ3) is 3.40. The van der Waals surface area contributed by atoms with Crippen LogP contribution in [0.15, 0.2) is 103 Å². The van der Waals surface area contributed by atoms with Gasteiger partial charge in [-0.25, -0.2) is 0 Å². The van der Waals surface area contributed by atoms with E-state index in [2.05, 4.69) is 131 Å². The molecule has 0 unspecified atom stereocenters. The highest BCUT2D eigenvalue weighted by Crippen LogP contribution is 2.49. The van der Waals surface area contributed by atoms with Crippen molar-refractivity contribution in [2.24, 2.45) is 0 Å². The van der Waals surface area contributed by atoms with Crippen molar-refractivity contribution in [3.63, 3.8) is 0 Å². The number of hydrogen-bond donors (Lipinski definition) is 0. The maximum atomic E-state index is 6.31. The van der Waals surface area contributed by atoms with Gasteiger partial charge in [0.05, 0.1) is 11.2 Å². The van der Waals surface area contributed by atoms with Gasteiger partial charge in [0.2, 0.25) is 0 Å². The average Bonchev–Trinajstić information content (AvgIpc) is 3.35. The highest BCUT2D eigenvalue weighted by atomic mass is 16.7. The summed E-state index contributed by atoms with van der Waals surface area (Å²) in [6.07, 6.45) is -0.369. The van der Waals surface area contributed by atoms with Crippen LogP contribution in [0.4, 0.5) is 0 Å². The van der Waals surface area contributed by atoms with Crippen molar-refractivity contribution in [3.8, 4) is 44.5 Å². The summed E-state index contributed by atoms with van der Waals surface area (Å²) in [4.78, 5) is 0. The van der Waals surface area contributed by atoms with E-state index in [1.165, 1.54) is 49.7 Å². The van der Waals surface area contributed by atoms with Crippen LogP contribution in [0.5, 0.6) is 0 Å². The first-order valence-electron chi connectivity index (χ1n) is 13.0. The molecule has 2 heteroatoms. The molecule has 1 heterocycles. The zero-order valence-corrected chi connectivity index (χ0v) is 21.7. The van der Waals surface area contributed by atoms with E-state index in [0.29, 0.717) is 0 Å². The SMILES string of the molecule is CC1(C)OC(c2cccc(-c3cccc(-c4ccc5c6c(cccc46)-c4ccccc4-5)c3)c2)OC1(C)C. The Morgan fingerprint density at radius 3 is 1.76 bits per heavy atom. The van der Waals surface area contributed by atoms with Gasteiger partial charge in [-0.3, -0.25) is 0 Å². The molecular weight excluding hydrogens is 452 g/mol. The highest BCUT2D eigenvalue weighted by molar-refractivity contribution is 6.18. The Morgan fingerprint density at radius 1 is 0.486 bits per heavy atom. The summed E-state index contributed by atoms with van der Waals surface area (Å²) in [5.41, 5.74) is 10.5. The predicted molar refractivity (Wildman–Crippen MR) is 152 cm³/mol. The van der Waals surface area contributed by atoms with Gasteiger partial charge >= 0.3 is 0 Å². The Hall–Kier alpha value is -3.72. The molecule has 0 bridgehead atoms. The second-order valence-electron chi connectivity index (χ2n) is 11.2. The molecule has 0 aromatic heterocycles. The standard InChI is InChI=1S/C35H30O2/c1-34(2)35(3,4)37-33(36-34)25-13-8-11-23(21-25)22-10-7-12-24(20-22)26-18-19-31-28-15-6-5-14-27(28)30-17-9-16-29(26)32(30)31/h5-21,33H,1-4H3. The van der Waals surface area contributed by atoms with Crippen LogP contribution in [-0.2, 0) is 9.47 Å². The summed E-state index contributed by atoms with van der Waals surface area (Å²) in [5.74, 6) is 0. The second-order valence-corrected chi connectivity index (χ2v) is 11.2. The van der Waals surface area contributed by atoms with Crippen molar-refractivity contribution >= 4 is 10.8 Å². The molecule has 1 saturated heterocycles. The van der Waals surface area contributed by atoms with E-state index < -0.39 is 0 Å². The van der Waals surface area contributed by atoms with Crippen LogP contribution in [0.25, 0.3) is 55.3 Å². The van der Waals surface area contributed by atoms with E-state index in [0.717, 1.165) is 11.1 Å². The van der Waals surface area contributed by atoms with Gasteiger partial charge in [0.25, 0.3) is 0 Å². The lowest BCUT2D eigenvalue weighted by Crippen LogP contribution is -2.41. The highest BCUT2D eigenvalue weighted by Gasteiger charge is 2.49. The van der Waals surface area contributed by atoms with Crippen LogP contribution in [0.3, 0.4) is 0 Å². The van der Waals surface area contributed by atoms with Crippen LogP contribution >= 0.6 is 0 Å². The zero-order chi connectivity index (χ0) is 25.4.